The van der Waals surface area contributed by atoms with Crippen molar-refractivity contribution in [2.75, 3.05) is 45.8 Å². The molecule has 32 heavy (non-hydrogen) atoms. The summed E-state index contributed by atoms with van der Waals surface area (Å²) in [4.78, 5) is 31.3. The minimum atomic E-state index is 0.159. The maximum atomic E-state index is 12.6. The molecule has 8 nitrogen and oxygen atoms in total. The average Bonchev–Trinajstić information content (AvgIpc) is 3.12. The number of nitrogens with zero attached hydrogens (tertiary/aromatic N) is 5. The predicted octanol–water partition coefficient (Wildman–Crippen LogP) is 2.61. The molecule has 2 aliphatic heterocycles. The van der Waals surface area contributed by atoms with Gasteiger partial charge in [-0.15, -0.1) is 10.2 Å². The molecule has 0 bridgehead atoms. The molecular weight excluding hydrogens is 406 g/mol. The van der Waals surface area contributed by atoms with E-state index in [1.807, 2.05) is 40.1 Å². The number of likely N-dealkylation sites (tertiary alicyclic amines) is 1. The molecular formula is C24H33N5O3. The Morgan fingerprint density at radius 3 is 2.22 bits per heavy atom. The highest BCUT2D eigenvalue weighted by Crippen LogP contribution is 2.18. The van der Waals surface area contributed by atoms with Crippen LogP contribution in [0.5, 0.6) is 0 Å². The lowest BCUT2D eigenvalue weighted by Crippen LogP contribution is -2.51. The summed E-state index contributed by atoms with van der Waals surface area (Å²) in [6.07, 6.45) is 6.43. The van der Waals surface area contributed by atoms with E-state index in [-0.39, 0.29) is 11.8 Å². The quantitative estimate of drug-likeness (QED) is 0.660. The van der Waals surface area contributed by atoms with Gasteiger partial charge in [-0.3, -0.25) is 14.5 Å². The van der Waals surface area contributed by atoms with Crippen LogP contribution in [0.3, 0.4) is 0 Å². The molecule has 0 saturated carbocycles. The maximum absolute atomic E-state index is 12.6. The summed E-state index contributed by atoms with van der Waals surface area (Å²) in [5, 5.41) is 8.20. The Balaban J connectivity index is 1.15. The van der Waals surface area contributed by atoms with Crippen LogP contribution in [0.25, 0.3) is 11.5 Å². The highest BCUT2D eigenvalue weighted by molar-refractivity contribution is 5.78. The first-order chi connectivity index (χ1) is 15.7. The van der Waals surface area contributed by atoms with Gasteiger partial charge in [0.15, 0.2) is 0 Å². The molecule has 3 heterocycles. The second-order valence-corrected chi connectivity index (χ2v) is 8.67. The van der Waals surface area contributed by atoms with Crippen molar-refractivity contribution in [3.05, 3.63) is 36.2 Å². The van der Waals surface area contributed by atoms with E-state index in [0.29, 0.717) is 50.7 Å². The zero-order chi connectivity index (χ0) is 22.2. The van der Waals surface area contributed by atoms with E-state index in [0.717, 1.165) is 44.6 Å². The zero-order valence-corrected chi connectivity index (χ0v) is 18.7. The van der Waals surface area contributed by atoms with Crippen molar-refractivity contribution < 1.29 is 14.0 Å². The van der Waals surface area contributed by atoms with Crippen LogP contribution in [-0.4, -0.2) is 82.5 Å². The number of hydrogen-bond donors (Lipinski definition) is 0. The molecule has 0 atom stereocenters. The van der Waals surface area contributed by atoms with E-state index < -0.39 is 0 Å². The number of piperazine rings is 1. The Bertz CT molecular complexity index is 869. The number of aromatic nitrogens is 2. The Kier molecular flexibility index (Phi) is 7.87. The molecule has 1 aromatic heterocycles. The summed E-state index contributed by atoms with van der Waals surface area (Å²) in [6, 6.07) is 9.68. The van der Waals surface area contributed by atoms with Crippen molar-refractivity contribution in [3.8, 4) is 11.5 Å². The molecule has 0 unspecified atom stereocenters. The van der Waals surface area contributed by atoms with Crippen LogP contribution in [0.15, 0.2) is 34.7 Å². The lowest BCUT2D eigenvalue weighted by Gasteiger charge is -2.35. The van der Waals surface area contributed by atoms with Crippen molar-refractivity contribution in [3.63, 3.8) is 0 Å². The topological polar surface area (TPSA) is 82.8 Å². The lowest BCUT2D eigenvalue weighted by molar-refractivity contribution is -0.135. The van der Waals surface area contributed by atoms with E-state index in [2.05, 4.69) is 15.1 Å². The third-order valence-electron chi connectivity index (χ3n) is 6.31. The van der Waals surface area contributed by atoms with E-state index in [1.54, 1.807) is 0 Å². The van der Waals surface area contributed by atoms with Crippen LogP contribution in [0.2, 0.25) is 0 Å². The summed E-state index contributed by atoms with van der Waals surface area (Å²) in [5.41, 5.74) is 0.898. The Labute approximate surface area is 189 Å². The molecule has 0 N–H and O–H groups in total. The van der Waals surface area contributed by atoms with Crippen molar-refractivity contribution in [2.24, 2.45) is 0 Å². The number of amides is 2. The predicted molar refractivity (Wildman–Crippen MR) is 121 cm³/mol. The fraction of sp³-hybridized carbons (Fsp3) is 0.583. The van der Waals surface area contributed by atoms with Crippen molar-refractivity contribution >= 4 is 11.8 Å². The summed E-state index contributed by atoms with van der Waals surface area (Å²) in [6.45, 7) is 5.15. The first kappa shape index (κ1) is 22.5. The molecule has 8 heteroatoms. The molecule has 0 aliphatic carbocycles. The zero-order valence-electron chi connectivity index (χ0n) is 18.7. The van der Waals surface area contributed by atoms with Crippen LogP contribution in [-0.2, 0) is 16.0 Å². The number of carbonyl (C=O) groups excluding carboxylic acids is 2. The average molecular weight is 440 g/mol. The number of hydrogen-bond acceptors (Lipinski definition) is 6. The number of aryl methyl sites for hydroxylation is 1. The normalized spacial score (nSPS) is 17.9. The molecule has 0 radical (unpaired) electrons. The van der Waals surface area contributed by atoms with Crippen molar-refractivity contribution in [1.29, 1.82) is 0 Å². The monoisotopic (exact) mass is 439 g/mol. The third-order valence-corrected chi connectivity index (χ3v) is 6.31. The van der Waals surface area contributed by atoms with Crippen molar-refractivity contribution in [2.45, 2.75) is 44.9 Å². The summed E-state index contributed by atoms with van der Waals surface area (Å²) < 4.78 is 5.72. The molecule has 0 spiro atoms. The highest BCUT2D eigenvalue weighted by atomic mass is 16.4. The van der Waals surface area contributed by atoms with Gasteiger partial charge in [0, 0.05) is 57.7 Å². The van der Waals surface area contributed by atoms with E-state index in [4.69, 9.17) is 4.42 Å². The van der Waals surface area contributed by atoms with Gasteiger partial charge >= 0.3 is 0 Å². The van der Waals surface area contributed by atoms with Crippen LogP contribution in [0, 0.1) is 0 Å². The summed E-state index contributed by atoms with van der Waals surface area (Å²) >= 11 is 0. The first-order valence-corrected chi connectivity index (χ1v) is 11.8. The van der Waals surface area contributed by atoms with Gasteiger partial charge in [0.25, 0.3) is 0 Å². The van der Waals surface area contributed by atoms with Crippen LogP contribution in [0.4, 0.5) is 0 Å². The summed E-state index contributed by atoms with van der Waals surface area (Å²) in [5.74, 6) is 1.47. The SMILES string of the molecule is O=C(CCCc1nnc(-c2ccccc2)o1)N1CCN(CC(=O)N2CCCCCC2)CC1. The third kappa shape index (κ3) is 6.16. The molecule has 2 aromatic rings. The maximum Gasteiger partial charge on any atom is 0.247 e. The van der Waals surface area contributed by atoms with Gasteiger partial charge < -0.3 is 14.2 Å². The highest BCUT2D eigenvalue weighted by Gasteiger charge is 2.24. The summed E-state index contributed by atoms with van der Waals surface area (Å²) in [7, 11) is 0. The van der Waals surface area contributed by atoms with E-state index in [9.17, 15) is 9.59 Å². The Hall–Kier alpha value is -2.74. The van der Waals surface area contributed by atoms with Crippen LogP contribution < -0.4 is 0 Å². The van der Waals surface area contributed by atoms with Gasteiger partial charge in [-0.2, -0.15) is 0 Å². The molecule has 2 aliphatic rings. The Morgan fingerprint density at radius 1 is 0.812 bits per heavy atom. The standard InChI is InChI=1S/C24H33N5O3/c30-22(12-8-11-21-25-26-24(32-21)20-9-4-3-5-10-20)29-17-15-27(16-18-29)19-23(31)28-13-6-1-2-7-14-28/h3-5,9-10H,1-2,6-8,11-19H2. The van der Waals surface area contributed by atoms with Gasteiger partial charge in [0.1, 0.15) is 0 Å². The second kappa shape index (κ2) is 11.2. The fourth-order valence-corrected chi connectivity index (χ4v) is 4.37. The van der Waals surface area contributed by atoms with Gasteiger partial charge in [-0.05, 0) is 31.4 Å². The van der Waals surface area contributed by atoms with Gasteiger partial charge in [0.2, 0.25) is 23.6 Å². The molecule has 4 rings (SSSR count). The smallest absolute Gasteiger partial charge is 0.247 e. The van der Waals surface area contributed by atoms with E-state index in [1.165, 1.54) is 12.8 Å². The van der Waals surface area contributed by atoms with Crippen LogP contribution in [0.1, 0.15) is 44.4 Å². The Morgan fingerprint density at radius 2 is 1.50 bits per heavy atom. The number of carbonyl (C=O) groups is 2. The number of benzene rings is 1. The molecule has 2 fully saturated rings. The van der Waals surface area contributed by atoms with Gasteiger partial charge in [0.05, 0.1) is 6.54 Å². The van der Waals surface area contributed by atoms with E-state index >= 15 is 0 Å². The molecule has 2 amide bonds. The molecule has 2 saturated heterocycles. The van der Waals surface area contributed by atoms with Gasteiger partial charge in [-0.1, -0.05) is 31.0 Å². The largest absolute Gasteiger partial charge is 0.421 e. The minimum Gasteiger partial charge on any atom is -0.421 e. The van der Waals surface area contributed by atoms with Gasteiger partial charge in [-0.25, -0.2) is 0 Å². The van der Waals surface area contributed by atoms with Crippen molar-refractivity contribution in [1.82, 2.24) is 24.9 Å². The van der Waals surface area contributed by atoms with Crippen LogP contribution >= 0.6 is 0 Å². The molecule has 172 valence electrons. The lowest BCUT2D eigenvalue weighted by atomic mass is 10.2. The fourth-order valence-electron chi connectivity index (χ4n) is 4.37. The second-order valence-electron chi connectivity index (χ2n) is 8.67. The minimum absolute atomic E-state index is 0.159. The number of rotatable bonds is 7. The molecule has 1 aromatic carbocycles. The first-order valence-electron chi connectivity index (χ1n) is 11.8.